The van der Waals surface area contributed by atoms with Crippen molar-refractivity contribution in [3.63, 3.8) is 0 Å². The number of alkyl halides is 3. The maximum atomic E-state index is 14.3. The number of rotatable bonds is 4. The predicted molar refractivity (Wildman–Crippen MR) is 131 cm³/mol. The van der Waals surface area contributed by atoms with Gasteiger partial charge in [-0.05, 0) is 25.0 Å². The number of aryl methyl sites for hydroxylation is 1. The molecule has 196 valence electrons. The number of pyridine rings is 1. The molecule has 4 aromatic rings. The number of imidazole rings is 1. The Labute approximate surface area is 211 Å². The van der Waals surface area contributed by atoms with Gasteiger partial charge in [-0.2, -0.15) is 22.6 Å². The minimum atomic E-state index is -4.59. The van der Waals surface area contributed by atoms with Crippen LogP contribution in [0, 0.1) is 5.41 Å². The van der Waals surface area contributed by atoms with Gasteiger partial charge < -0.3 is 4.57 Å². The van der Waals surface area contributed by atoms with Crippen molar-refractivity contribution >= 4 is 32.4 Å². The molecule has 1 fully saturated rings. The summed E-state index contributed by atoms with van der Waals surface area (Å²) < 4.78 is 61.6. The summed E-state index contributed by atoms with van der Waals surface area (Å²) in [6.07, 6.45) is -0.281. The number of aromatic nitrogens is 6. The van der Waals surface area contributed by atoms with Gasteiger partial charge in [0.2, 0.25) is 0 Å². The van der Waals surface area contributed by atoms with Gasteiger partial charge in [0.25, 0.3) is 5.91 Å². The second kappa shape index (κ2) is 8.33. The molecule has 0 aromatic carbocycles. The maximum absolute atomic E-state index is 14.3. The molecule has 4 aromatic heterocycles. The molecule has 1 aliphatic rings. The zero-order valence-corrected chi connectivity index (χ0v) is 21.8. The third-order valence-corrected chi connectivity index (χ3v) is 8.47. The topological polar surface area (TPSA) is 107 Å². The molecule has 0 bridgehead atoms. The number of amides is 1. The van der Waals surface area contributed by atoms with Crippen molar-refractivity contribution in [2.45, 2.75) is 57.7 Å². The number of nitrogens with zero attached hydrogens (tertiary/aromatic N) is 7. The minimum Gasteiger partial charge on any atom is -0.312 e. The molecule has 13 heteroatoms. The van der Waals surface area contributed by atoms with Crippen LogP contribution in [0.2, 0.25) is 0 Å². The van der Waals surface area contributed by atoms with E-state index in [1.807, 2.05) is 6.07 Å². The van der Waals surface area contributed by atoms with Crippen molar-refractivity contribution < 1.29 is 22.2 Å². The SMILES string of the molecule is CCS(=O)(=NC(=O)C(C)(C)C)c1nn2c(C3CC3)ccnc2c1-c1nc2cc(C(F)(F)F)cnc2n1C. The fourth-order valence-electron chi connectivity index (χ4n) is 4.02. The van der Waals surface area contributed by atoms with Crippen molar-refractivity contribution in [2.75, 3.05) is 5.75 Å². The lowest BCUT2D eigenvalue weighted by molar-refractivity contribution is -0.137. The average molecular weight is 534 g/mol. The summed E-state index contributed by atoms with van der Waals surface area (Å²) in [5.74, 6) is -0.107. The standard InChI is InChI=1S/C24H26F3N7O2S/c1-6-37(36,32-22(35)23(2,3)4)21-17(19-28-10-9-16(13-7-8-13)34(19)31-21)20-30-15-11-14(24(25,26)27)12-29-18(15)33(20)5/h9-13H,6-8H2,1-5H3. The molecule has 5 rings (SSSR count). The number of fused-ring (bicyclic) bond motifs is 2. The minimum absolute atomic E-state index is 0.00905. The number of halogens is 3. The Morgan fingerprint density at radius 1 is 1.19 bits per heavy atom. The highest BCUT2D eigenvalue weighted by atomic mass is 32.2. The van der Waals surface area contributed by atoms with Gasteiger partial charge in [0.1, 0.15) is 21.1 Å². The highest BCUT2D eigenvalue weighted by Crippen LogP contribution is 2.42. The van der Waals surface area contributed by atoms with E-state index < -0.39 is 32.8 Å². The molecule has 4 heterocycles. The lowest BCUT2D eigenvalue weighted by Gasteiger charge is -2.14. The summed E-state index contributed by atoms with van der Waals surface area (Å²) in [5.41, 5.74) is -0.109. The Balaban J connectivity index is 1.85. The second-order valence-corrected chi connectivity index (χ2v) is 12.6. The molecule has 1 amide bonds. The summed E-state index contributed by atoms with van der Waals surface area (Å²) in [4.78, 5) is 25.8. The van der Waals surface area contributed by atoms with Gasteiger partial charge in [-0.15, -0.1) is 0 Å². The van der Waals surface area contributed by atoms with E-state index in [1.54, 1.807) is 45.5 Å². The molecule has 0 radical (unpaired) electrons. The zero-order chi connectivity index (χ0) is 26.9. The van der Waals surface area contributed by atoms with E-state index in [0.717, 1.165) is 30.8 Å². The highest BCUT2D eigenvalue weighted by Gasteiger charge is 2.35. The lowest BCUT2D eigenvalue weighted by atomic mass is 9.96. The van der Waals surface area contributed by atoms with Crippen LogP contribution < -0.4 is 0 Å². The monoisotopic (exact) mass is 533 g/mol. The van der Waals surface area contributed by atoms with Crippen molar-refractivity contribution in [3.05, 3.63) is 35.8 Å². The normalized spacial score (nSPS) is 16.3. The number of hydrogen-bond donors (Lipinski definition) is 0. The van der Waals surface area contributed by atoms with Crippen molar-refractivity contribution in [2.24, 2.45) is 16.8 Å². The molecular weight excluding hydrogens is 507 g/mol. The van der Waals surface area contributed by atoms with Gasteiger partial charge in [0.05, 0.1) is 11.1 Å². The van der Waals surface area contributed by atoms with Crippen LogP contribution in [-0.2, 0) is 27.7 Å². The second-order valence-electron chi connectivity index (χ2n) is 10.2. The molecule has 1 aliphatic carbocycles. The zero-order valence-electron chi connectivity index (χ0n) is 21.0. The molecule has 1 saturated carbocycles. The first-order valence-corrected chi connectivity index (χ1v) is 13.5. The lowest BCUT2D eigenvalue weighted by Crippen LogP contribution is -2.21. The molecule has 0 N–H and O–H groups in total. The molecule has 0 spiro atoms. The van der Waals surface area contributed by atoms with Gasteiger partial charge in [0, 0.05) is 42.2 Å². The van der Waals surface area contributed by atoms with Crippen LogP contribution in [0.1, 0.15) is 57.7 Å². The molecular formula is C24H26F3N7O2S. The van der Waals surface area contributed by atoms with Crippen LogP contribution in [0.3, 0.4) is 0 Å². The first-order chi connectivity index (χ1) is 17.2. The summed E-state index contributed by atoms with van der Waals surface area (Å²) in [5, 5.41) is 4.71. The Hall–Kier alpha value is -3.35. The molecule has 1 atom stereocenters. The maximum Gasteiger partial charge on any atom is 0.417 e. The van der Waals surface area contributed by atoms with Crippen molar-refractivity contribution in [1.82, 2.24) is 29.1 Å². The Morgan fingerprint density at radius 3 is 2.49 bits per heavy atom. The third-order valence-electron chi connectivity index (χ3n) is 6.34. The van der Waals surface area contributed by atoms with E-state index in [2.05, 4.69) is 24.4 Å². The fraction of sp³-hybridized carbons (Fsp3) is 0.458. The molecule has 1 unspecified atom stereocenters. The van der Waals surface area contributed by atoms with Gasteiger partial charge in [-0.25, -0.2) is 23.7 Å². The van der Waals surface area contributed by atoms with Crippen LogP contribution in [0.15, 0.2) is 33.9 Å². The largest absolute Gasteiger partial charge is 0.417 e. The quantitative estimate of drug-likeness (QED) is 0.366. The van der Waals surface area contributed by atoms with E-state index in [1.165, 1.54) is 4.57 Å². The summed E-state index contributed by atoms with van der Waals surface area (Å²) in [6, 6.07) is 2.76. The van der Waals surface area contributed by atoms with Crippen LogP contribution in [0.25, 0.3) is 28.2 Å². The number of carbonyl (C=O) groups excluding carboxylic acids is 1. The van der Waals surface area contributed by atoms with E-state index >= 15 is 0 Å². The molecule has 37 heavy (non-hydrogen) atoms. The highest BCUT2D eigenvalue weighted by molar-refractivity contribution is 7.94. The first kappa shape index (κ1) is 25.3. The van der Waals surface area contributed by atoms with E-state index in [-0.39, 0.29) is 39.2 Å². The van der Waals surface area contributed by atoms with Crippen molar-refractivity contribution in [1.29, 1.82) is 0 Å². The van der Waals surface area contributed by atoms with Gasteiger partial charge in [0.15, 0.2) is 16.3 Å². The predicted octanol–water partition coefficient (Wildman–Crippen LogP) is 4.99. The van der Waals surface area contributed by atoms with Gasteiger partial charge >= 0.3 is 6.18 Å². The number of carbonyl (C=O) groups is 1. The van der Waals surface area contributed by atoms with Crippen LogP contribution in [0.4, 0.5) is 13.2 Å². The summed E-state index contributed by atoms with van der Waals surface area (Å²) >= 11 is 0. The number of hydrogen-bond acceptors (Lipinski definition) is 6. The summed E-state index contributed by atoms with van der Waals surface area (Å²) in [6.45, 7) is 6.69. The molecule has 9 nitrogen and oxygen atoms in total. The molecule has 0 saturated heterocycles. The van der Waals surface area contributed by atoms with E-state index in [4.69, 9.17) is 0 Å². The fourth-order valence-corrected chi connectivity index (χ4v) is 5.76. The first-order valence-electron chi connectivity index (χ1n) is 11.8. The van der Waals surface area contributed by atoms with E-state index in [9.17, 15) is 22.2 Å². The summed E-state index contributed by atoms with van der Waals surface area (Å²) in [7, 11) is -1.78. The van der Waals surface area contributed by atoms with Crippen LogP contribution in [0.5, 0.6) is 0 Å². The Morgan fingerprint density at radius 2 is 1.89 bits per heavy atom. The third kappa shape index (κ3) is 4.28. The van der Waals surface area contributed by atoms with Crippen LogP contribution in [-0.4, -0.2) is 45.0 Å². The van der Waals surface area contributed by atoms with Gasteiger partial charge in [-0.1, -0.05) is 27.7 Å². The van der Waals surface area contributed by atoms with E-state index in [0.29, 0.717) is 5.65 Å². The molecule has 0 aliphatic heterocycles. The van der Waals surface area contributed by atoms with Crippen LogP contribution >= 0.6 is 0 Å². The Kier molecular flexibility index (Phi) is 5.70. The van der Waals surface area contributed by atoms with Gasteiger partial charge in [-0.3, -0.25) is 4.79 Å². The van der Waals surface area contributed by atoms with Crippen molar-refractivity contribution in [3.8, 4) is 11.4 Å². The Bertz CT molecular complexity index is 1680. The smallest absolute Gasteiger partial charge is 0.312 e. The average Bonchev–Trinajstić information content (AvgIpc) is 3.52.